The van der Waals surface area contributed by atoms with Gasteiger partial charge in [0.25, 0.3) is 11.6 Å². The molecular weight excluding hydrogens is 1620 g/mol. The molecule has 37 nitrogen and oxygen atoms in total. The smallest absolute Gasteiger partial charge is 0.364 e. The molecule has 0 saturated carbocycles. The van der Waals surface area contributed by atoms with E-state index in [0.29, 0.717) is 12.8 Å². The number of Topliss-reactive ketones (excluding diaryl/α,β-unsaturated/α-hetero) is 1. The Bertz CT molecular complexity index is 2940. The van der Waals surface area contributed by atoms with E-state index in [2.05, 4.69) is 29.8 Å². The van der Waals surface area contributed by atoms with Crippen molar-refractivity contribution in [2.75, 3.05) is 39.6 Å². The Morgan fingerprint density at radius 1 is 0.431 bits per heavy atom. The molecule has 3 amide bonds. The van der Waals surface area contributed by atoms with E-state index in [0.717, 1.165) is 85.0 Å². The van der Waals surface area contributed by atoms with Gasteiger partial charge in [-0.2, -0.15) is 0 Å². The molecule has 29 atom stereocenters. The maximum Gasteiger partial charge on any atom is 0.364 e. The summed E-state index contributed by atoms with van der Waals surface area (Å²) in [5.41, 5.74) is 0. The van der Waals surface area contributed by atoms with E-state index in [-0.39, 0.29) is 18.7 Å². The van der Waals surface area contributed by atoms with Gasteiger partial charge < -0.3 is 160 Å². The van der Waals surface area contributed by atoms with Crippen LogP contribution in [0.1, 0.15) is 291 Å². The number of unbranched alkanes of at least 4 members (excludes halogenated alkanes) is 33. The van der Waals surface area contributed by atoms with Crippen LogP contribution in [-0.4, -0.2) is 338 Å². The highest BCUT2D eigenvalue weighted by Gasteiger charge is 2.64. The van der Waals surface area contributed by atoms with Gasteiger partial charge in [-0.3, -0.25) is 14.4 Å². The molecule has 5 fully saturated rings. The van der Waals surface area contributed by atoms with Gasteiger partial charge in [0.15, 0.2) is 18.9 Å². The highest BCUT2D eigenvalue weighted by Crippen LogP contribution is 2.43. The summed E-state index contributed by atoms with van der Waals surface area (Å²) < 4.78 is 60.3. The molecule has 5 aliphatic heterocycles. The molecule has 123 heavy (non-hydrogen) atoms. The maximum absolute atomic E-state index is 14.2. The summed E-state index contributed by atoms with van der Waals surface area (Å²) in [7, 11) is 0. The third-order valence-corrected chi connectivity index (χ3v) is 24.4. The first-order chi connectivity index (χ1) is 58.8. The summed E-state index contributed by atoms with van der Waals surface area (Å²) in [6, 6.07) is -4.87. The number of aliphatic hydroxyl groups excluding tert-OH is 16. The molecule has 0 spiro atoms. The van der Waals surface area contributed by atoms with Crippen LogP contribution in [0.5, 0.6) is 0 Å². The quantitative estimate of drug-likeness (QED) is 0.0389. The minimum atomic E-state index is -3.57. The fourth-order valence-electron chi connectivity index (χ4n) is 17.2. The van der Waals surface area contributed by atoms with Crippen LogP contribution < -0.4 is 16.0 Å². The molecule has 0 aromatic carbocycles. The van der Waals surface area contributed by atoms with Crippen molar-refractivity contribution in [1.82, 2.24) is 16.0 Å². The molecule has 5 saturated heterocycles. The molecule has 0 radical (unpaired) electrons. The lowest BCUT2D eigenvalue weighted by molar-refractivity contribution is -0.404. The van der Waals surface area contributed by atoms with Gasteiger partial charge in [0.2, 0.25) is 17.7 Å². The average molecular weight is 1780 g/mol. The van der Waals surface area contributed by atoms with Crippen molar-refractivity contribution in [2.24, 2.45) is 5.92 Å². The number of hydrogen-bond acceptors (Lipinski definition) is 32. The molecule has 0 bridgehead atoms. The van der Waals surface area contributed by atoms with Gasteiger partial charge in [-0.05, 0) is 19.8 Å². The molecule has 2 unspecified atom stereocenters. The number of carboxylic acid groups (broad SMARTS) is 2. The average Bonchev–Trinajstić information content (AvgIpc) is 0.743. The molecule has 21 N–H and O–H groups in total. The van der Waals surface area contributed by atoms with E-state index < -0.39 is 265 Å². The van der Waals surface area contributed by atoms with Crippen molar-refractivity contribution < 1.29 is 168 Å². The molecule has 5 heterocycles. The number of aliphatic carboxylic acids is 2. The summed E-state index contributed by atoms with van der Waals surface area (Å²) in [6.07, 6.45) is -11.3. The lowest BCUT2D eigenvalue weighted by Gasteiger charge is -2.52. The molecule has 37 heteroatoms. The van der Waals surface area contributed by atoms with Crippen LogP contribution in [0.25, 0.3) is 0 Å². The fraction of sp³-hybridized carbons (Fsp3) is 0.930. The van der Waals surface area contributed by atoms with Gasteiger partial charge in [0, 0.05) is 45.4 Å². The number of amides is 3. The summed E-state index contributed by atoms with van der Waals surface area (Å²) in [4.78, 5) is 79.4. The maximum atomic E-state index is 14.2. The van der Waals surface area contributed by atoms with Gasteiger partial charge in [-0.25, -0.2) is 9.59 Å². The normalized spacial score (nSPS) is 32.1. The summed E-state index contributed by atoms with van der Waals surface area (Å²) in [6.45, 7) is 0.838. The van der Waals surface area contributed by atoms with Crippen LogP contribution in [0, 0.1) is 5.92 Å². The highest BCUT2D eigenvalue weighted by atomic mass is 16.8. The molecule has 5 rings (SSSR count). The number of rotatable bonds is 65. The first-order valence-electron chi connectivity index (χ1n) is 45.8. The molecule has 0 aliphatic carbocycles. The second-order valence-corrected chi connectivity index (χ2v) is 34.6. The van der Waals surface area contributed by atoms with Crippen LogP contribution in [-0.2, 0) is 76.1 Å². The minimum absolute atomic E-state index is 0.140. The highest BCUT2D eigenvalue weighted by molar-refractivity contribution is 5.78. The first-order valence-corrected chi connectivity index (χ1v) is 45.8. The van der Waals surface area contributed by atoms with E-state index in [1.165, 1.54) is 148 Å². The zero-order valence-corrected chi connectivity index (χ0v) is 73.2. The van der Waals surface area contributed by atoms with E-state index in [4.69, 9.17) is 47.4 Å². The van der Waals surface area contributed by atoms with Crippen LogP contribution in [0.15, 0.2) is 0 Å². The van der Waals surface area contributed by atoms with Crippen molar-refractivity contribution in [1.29, 1.82) is 0 Å². The molecule has 5 aliphatic rings. The summed E-state index contributed by atoms with van der Waals surface area (Å²) >= 11 is 0. The van der Waals surface area contributed by atoms with Gasteiger partial charge in [0.1, 0.15) is 103 Å². The van der Waals surface area contributed by atoms with E-state index in [9.17, 15) is 121 Å². The number of hydrogen-bond donors (Lipinski definition) is 21. The predicted octanol–water partition coefficient (Wildman–Crippen LogP) is 2.35. The molecule has 0 aromatic heterocycles. The van der Waals surface area contributed by atoms with Crippen LogP contribution in [0.2, 0.25) is 0 Å². The molecular formula is C86H155N3O34. The zero-order chi connectivity index (χ0) is 90.8. The van der Waals surface area contributed by atoms with Gasteiger partial charge in [-0.15, -0.1) is 0 Å². The standard InChI is InChI=1S/C86H155N3O34/c1-6-8-10-12-14-16-18-20-21-22-23-24-25-26-27-28-30-32-34-36-38-40-42-65(102)89-56(57(98)41-39-37-35-33-31-29-19-17-15-13-11-9-7-2)51-114-81-73(108)72(107)75(63(49-93)116-81)118-82-74(109)79(76(64(50-94)117-82)119-80-55(43-52(3)95)68(103)70(105)61(47-91)115-80)123-86(84(112)113)45-59(100)67(88-54(5)97)78(122-86)71(106)62(48-92)120-85(83(110)111)44-58(99)66(87-53(4)96)77(121-85)69(104)60(101)46-90/h55-64,66-82,90-94,98-101,103-109H,6-51H2,1-5H3,(H,87,96)(H,88,97)(H,89,102)(H,110,111)(H,112,113)/t55-,56+,57-,58+,59+,60-,61-,62-,63-,64-,66-,67-,68-,69-,70+,71-,72-,73-,74-,75-,76+,77?,78?,79-,80+,81-,82+,85-,86+/m1/s1. The van der Waals surface area contributed by atoms with Gasteiger partial charge in [0.05, 0.1) is 82.2 Å². The Morgan fingerprint density at radius 3 is 1.27 bits per heavy atom. The summed E-state index contributed by atoms with van der Waals surface area (Å²) in [5, 5.41) is 211. The van der Waals surface area contributed by atoms with Crippen molar-refractivity contribution in [3.05, 3.63) is 0 Å². The molecule has 0 aromatic rings. The van der Waals surface area contributed by atoms with Crippen molar-refractivity contribution >= 4 is 35.4 Å². The predicted molar refractivity (Wildman–Crippen MR) is 441 cm³/mol. The number of carboxylic acids is 2. The molecule has 718 valence electrons. The van der Waals surface area contributed by atoms with Crippen molar-refractivity contribution in [3.8, 4) is 0 Å². The number of carbonyl (C=O) groups is 6. The third kappa shape index (κ3) is 35.3. The van der Waals surface area contributed by atoms with E-state index in [1.807, 2.05) is 0 Å². The van der Waals surface area contributed by atoms with E-state index in [1.54, 1.807) is 0 Å². The summed E-state index contributed by atoms with van der Waals surface area (Å²) in [5.74, 6) is -15.8. The third-order valence-electron chi connectivity index (χ3n) is 24.4. The second kappa shape index (κ2) is 58.6. The number of nitrogens with one attached hydrogen (secondary N) is 3. The van der Waals surface area contributed by atoms with Gasteiger partial charge in [-0.1, -0.05) is 232 Å². The number of aliphatic hydroxyl groups is 16. The van der Waals surface area contributed by atoms with E-state index >= 15 is 0 Å². The first kappa shape index (κ1) is 110. The Labute approximate surface area is 724 Å². The van der Waals surface area contributed by atoms with Crippen LogP contribution >= 0.6 is 0 Å². The Balaban J connectivity index is 1.37. The van der Waals surface area contributed by atoms with Crippen molar-refractivity contribution in [3.63, 3.8) is 0 Å². The van der Waals surface area contributed by atoms with Crippen LogP contribution in [0.3, 0.4) is 0 Å². The lowest BCUT2D eigenvalue weighted by Crippen LogP contribution is -2.72. The lowest BCUT2D eigenvalue weighted by atomic mass is 9.86. The largest absolute Gasteiger partial charge is 0.477 e. The number of ketones is 1. The zero-order valence-electron chi connectivity index (χ0n) is 73.2. The van der Waals surface area contributed by atoms with Gasteiger partial charge >= 0.3 is 11.9 Å². The Morgan fingerprint density at radius 2 is 0.837 bits per heavy atom. The monoisotopic (exact) mass is 1770 g/mol. The number of carbonyl (C=O) groups excluding carboxylic acids is 4. The van der Waals surface area contributed by atoms with Crippen LogP contribution in [0.4, 0.5) is 0 Å². The Kier molecular flexibility index (Phi) is 52.2. The second-order valence-electron chi connectivity index (χ2n) is 34.6. The number of ether oxygens (including phenoxy) is 10. The SMILES string of the molecule is CCCCCCCCCCCCCCCCCCCCCCCCC(=O)N[C@@H](CO[C@@H]1O[C@H](CO)[C@@H](O[C@@H]2O[C@H](CO)[C@H](O[C@@H]3O[C@H](CO)[C@H](O)[C@H](O)[C@H]3CC(C)=O)[C@H](O[C@]3(C(=O)O)C[C@H](O)[C@@H](NC(C)=O)C([C@H](O)[C@@H](CO)O[C@]4(C(=O)O)C[C@H](O)[C@@H](NC(C)=O)C([C@H](O)[C@H](O)CO)O4)O3)[C@H]2O)[C@H](O)[C@H]1O)[C@H](O)CCCCCCCCCCCCCCC. The Hall–Kier alpha value is -4.02. The fourth-order valence-corrected chi connectivity index (χ4v) is 17.2. The van der Waals surface area contributed by atoms with Crippen molar-refractivity contribution in [2.45, 2.75) is 462 Å². The topological polar surface area (TPSA) is 595 Å². The minimum Gasteiger partial charge on any atom is -0.477 e.